The number of nitrogens with one attached hydrogen (secondary N) is 2. The van der Waals surface area contributed by atoms with E-state index in [0.29, 0.717) is 11.3 Å². The first kappa shape index (κ1) is 20.4. The van der Waals surface area contributed by atoms with Crippen LogP contribution in [0.15, 0.2) is 53.4 Å². The lowest BCUT2D eigenvalue weighted by Gasteiger charge is -2.22. The molecule has 1 amide bonds. The van der Waals surface area contributed by atoms with Crippen LogP contribution in [0.25, 0.3) is 0 Å². The molecule has 1 aliphatic carbocycles. The normalized spacial score (nSPS) is 15.2. The highest BCUT2D eigenvalue weighted by atomic mass is 32.2. The standard InChI is InChI=1S/C21H26N2O4S/c1-27-19-11-13-20(14-12-19)28(25,26)22-15-16-7-9-17(10-8-16)21(24)23-18-5-3-2-4-6-18/h7-14,18,22H,2-6,15H2,1H3,(H,23,24). The van der Waals surface area contributed by atoms with Crippen molar-refractivity contribution in [3.05, 3.63) is 59.7 Å². The molecule has 2 aromatic carbocycles. The second-order valence-corrected chi connectivity index (χ2v) is 8.77. The van der Waals surface area contributed by atoms with Crippen LogP contribution in [0.4, 0.5) is 0 Å². The van der Waals surface area contributed by atoms with E-state index in [2.05, 4.69) is 10.0 Å². The molecule has 0 saturated heterocycles. The van der Waals surface area contributed by atoms with E-state index in [1.54, 1.807) is 36.4 Å². The fraction of sp³-hybridized carbons (Fsp3) is 0.381. The zero-order valence-electron chi connectivity index (χ0n) is 16.0. The Morgan fingerprint density at radius 1 is 1.00 bits per heavy atom. The number of hydrogen-bond acceptors (Lipinski definition) is 4. The number of carbonyl (C=O) groups is 1. The Kier molecular flexibility index (Phi) is 6.70. The van der Waals surface area contributed by atoms with Gasteiger partial charge in [0.25, 0.3) is 5.91 Å². The van der Waals surface area contributed by atoms with Crippen LogP contribution in [0, 0.1) is 0 Å². The summed E-state index contributed by atoms with van der Waals surface area (Å²) < 4.78 is 32.4. The highest BCUT2D eigenvalue weighted by Gasteiger charge is 2.17. The predicted molar refractivity (Wildman–Crippen MR) is 108 cm³/mol. The third-order valence-corrected chi connectivity index (χ3v) is 6.41. The molecular weight excluding hydrogens is 376 g/mol. The first-order valence-electron chi connectivity index (χ1n) is 9.51. The van der Waals surface area contributed by atoms with Gasteiger partial charge in [0.15, 0.2) is 0 Å². The minimum absolute atomic E-state index is 0.0720. The fourth-order valence-corrected chi connectivity index (χ4v) is 4.32. The summed E-state index contributed by atoms with van der Waals surface area (Å²) in [6.07, 6.45) is 5.65. The molecule has 6 nitrogen and oxygen atoms in total. The number of benzene rings is 2. The van der Waals surface area contributed by atoms with Crippen LogP contribution in [-0.4, -0.2) is 27.5 Å². The highest BCUT2D eigenvalue weighted by Crippen LogP contribution is 2.18. The van der Waals surface area contributed by atoms with Crippen molar-refractivity contribution in [2.45, 2.75) is 49.6 Å². The summed E-state index contributed by atoms with van der Waals surface area (Å²) in [7, 11) is -2.09. The SMILES string of the molecule is COc1ccc(S(=O)(=O)NCc2ccc(C(=O)NC3CCCCC3)cc2)cc1. The second-order valence-electron chi connectivity index (χ2n) is 7.01. The van der Waals surface area contributed by atoms with E-state index < -0.39 is 10.0 Å². The highest BCUT2D eigenvalue weighted by molar-refractivity contribution is 7.89. The summed E-state index contributed by atoms with van der Waals surface area (Å²) in [5.41, 5.74) is 1.37. The van der Waals surface area contributed by atoms with E-state index in [4.69, 9.17) is 4.74 Å². The molecule has 0 aromatic heterocycles. The van der Waals surface area contributed by atoms with Crippen LogP contribution in [0.5, 0.6) is 5.75 Å². The molecule has 0 spiro atoms. The first-order valence-corrected chi connectivity index (χ1v) is 11.0. The maximum Gasteiger partial charge on any atom is 0.251 e. The zero-order chi connectivity index (χ0) is 20.0. The maximum absolute atomic E-state index is 12.4. The Balaban J connectivity index is 1.56. The molecule has 1 fully saturated rings. The van der Waals surface area contributed by atoms with Gasteiger partial charge in [0.1, 0.15) is 5.75 Å². The molecule has 0 bridgehead atoms. The lowest BCUT2D eigenvalue weighted by Crippen LogP contribution is -2.36. The minimum Gasteiger partial charge on any atom is -0.497 e. The van der Waals surface area contributed by atoms with Crippen molar-refractivity contribution in [1.29, 1.82) is 0 Å². The smallest absolute Gasteiger partial charge is 0.251 e. The summed E-state index contributed by atoms with van der Waals surface area (Å²) in [5.74, 6) is 0.526. The van der Waals surface area contributed by atoms with Gasteiger partial charge in [-0.15, -0.1) is 0 Å². The maximum atomic E-state index is 12.4. The Labute approximate surface area is 166 Å². The molecule has 0 aliphatic heterocycles. The van der Waals surface area contributed by atoms with Crippen LogP contribution >= 0.6 is 0 Å². The molecule has 1 aliphatic rings. The minimum atomic E-state index is -3.61. The van der Waals surface area contributed by atoms with Crippen LogP contribution in [0.1, 0.15) is 48.0 Å². The Morgan fingerprint density at radius 3 is 2.25 bits per heavy atom. The van der Waals surface area contributed by atoms with Gasteiger partial charge >= 0.3 is 0 Å². The molecule has 0 radical (unpaired) electrons. The summed E-state index contributed by atoms with van der Waals surface area (Å²) in [6.45, 7) is 0.152. The topological polar surface area (TPSA) is 84.5 Å². The molecule has 0 atom stereocenters. The van der Waals surface area contributed by atoms with Crippen LogP contribution in [-0.2, 0) is 16.6 Å². The van der Waals surface area contributed by atoms with E-state index in [-0.39, 0.29) is 23.4 Å². The third kappa shape index (κ3) is 5.33. The number of rotatable bonds is 7. The molecule has 0 unspecified atom stereocenters. The van der Waals surface area contributed by atoms with Gasteiger partial charge in [0, 0.05) is 18.2 Å². The molecule has 0 heterocycles. The second kappa shape index (κ2) is 9.21. The van der Waals surface area contributed by atoms with E-state index in [0.717, 1.165) is 31.2 Å². The fourth-order valence-electron chi connectivity index (χ4n) is 3.31. The van der Waals surface area contributed by atoms with Crippen LogP contribution in [0.2, 0.25) is 0 Å². The molecule has 3 rings (SSSR count). The van der Waals surface area contributed by atoms with Crippen molar-refractivity contribution >= 4 is 15.9 Å². The van der Waals surface area contributed by atoms with Crippen LogP contribution < -0.4 is 14.8 Å². The van der Waals surface area contributed by atoms with E-state index >= 15 is 0 Å². The van der Waals surface area contributed by atoms with Crippen molar-refractivity contribution < 1.29 is 17.9 Å². The number of amides is 1. The van der Waals surface area contributed by atoms with Crippen molar-refractivity contribution in [3.8, 4) is 5.75 Å². The quantitative estimate of drug-likeness (QED) is 0.745. The van der Waals surface area contributed by atoms with Gasteiger partial charge < -0.3 is 10.1 Å². The van der Waals surface area contributed by atoms with Crippen molar-refractivity contribution in [2.75, 3.05) is 7.11 Å². The predicted octanol–water partition coefficient (Wildman–Crippen LogP) is 3.24. The molecular formula is C21H26N2O4S. The van der Waals surface area contributed by atoms with Crippen molar-refractivity contribution in [3.63, 3.8) is 0 Å². The van der Waals surface area contributed by atoms with Gasteiger partial charge in [-0.05, 0) is 54.8 Å². The average molecular weight is 403 g/mol. The summed E-state index contributed by atoms with van der Waals surface area (Å²) in [4.78, 5) is 12.5. The van der Waals surface area contributed by atoms with Gasteiger partial charge in [0.2, 0.25) is 10.0 Å². The summed E-state index contributed by atoms with van der Waals surface area (Å²) >= 11 is 0. The molecule has 150 valence electrons. The number of sulfonamides is 1. The number of ether oxygens (including phenoxy) is 1. The summed E-state index contributed by atoms with van der Waals surface area (Å²) in [5, 5.41) is 3.08. The number of hydrogen-bond donors (Lipinski definition) is 2. The van der Waals surface area contributed by atoms with E-state index in [1.807, 2.05) is 0 Å². The number of methoxy groups -OCH3 is 1. The Morgan fingerprint density at radius 2 is 1.64 bits per heavy atom. The van der Waals surface area contributed by atoms with Crippen LogP contribution in [0.3, 0.4) is 0 Å². The Bertz CT molecular complexity index is 887. The molecule has 28 heavy (non-hydrogen) atoms. The van der Waals surface area contributed by atoms with E-state index in [9.17, 15) is 13.2 Å². The zero-order valence-corrected chi connectivity index (χ0v) is 16.8. The van der Waals surface area contributed by atoms with Crippen molar-refractivity contribution in [1.82, 2.24) is 10.0 Å². The average Bonchev–Trinajstić information content (AvgIpc) is 2.73. The monoisotopic (exact) mass is 402 g/mol. The lowest BCUT2D eigenvalue weighted by molar-refractivity contribution is 0.0927. The number of carbonyl (C=O) groups excluding carboxylic acids is 1. The van der Waals surface area contributed by atoms with Gasteiger partial charge in [-0.2, -0.15) is 0 Å². The Hall–Kier alpha value is -2.38. The van der Waals surface area contributed by atoms with Gasteiger partial charge in [-0.25, -0.2) is 13.1 Å². The third-order valence-electron chi connectivity index (χ3n) is 4.99. The molecule has 2 aromatic rings. The molecule has 7 heteroatoms. The van der Waals surface area contributed by atoms with Gasteiger partial charge in [-0.1, -0.05) is 31.4 Å². The summed E-state index contributed by atoms with van der Waals surface area (Å²) in [6, 6.07) is 13.5. The first-order chi connectivity index (χ1) is 13.5. The lowest BCUT2D eigenvalue weighted by atomic mass is 9.95. The largest absolute Gasteiger partial charge is 0.497 e. The molecule has 2 N–H and O–H groups in total. The molecule has 1 saturated carbocycles. The van der Waals surface area contributed by atoms with Gasteiger partial charge in [0.05, 0.1) is 12.0 Å². The van der Waals surface area contributed by atoms with Gasteiger partial charge in [-0.3, -0.25) is 4.79 Å². The van der Waals surface area contributed by atoms with Crippen molar-refractivity contribution in [2.24, 2.45) is 0 Å². The van der Waals surface area contributed by atoms with E-state index in [1.165, 1.54) is 25.7 Å².